The average Bonchev–Trinajstić information content (AvgIpc) is 3.46. The fraction of sp³-hybridized carbons (Fsp3) is 0.214. The molecule has 2 aliphatic heterocycles. The second kappa shape index (κ2) is 9.50. The first-order valence-corrected chi connectivity index (χ1v) is 11.6. The molecule has 37 heavy (non-hydrogen) atoms. The van der Waals surface area contributed by atoms with Gasteiger partial charge < -0.3 is 29.1 Å². The van der Waals surface area contributed by atoms with E-state index in [0.717, 1.165) is 11.8 Å². The van der Waals surface area contributed by atoms with Gasteiger partial charge in [-0.3, -0.25) is 9.59 Å². The minimum atomic E-state index is -0.922. The predicted molar refractivity (Wildman–Crippen MR) is 134 cm³/mol. The van der Waals surface area contributed by atoms with Crippen LogP contribution in [0.2, 0.25) is 0 Å². The van der Waals surface area contributed by atoms with E-state index in [1.807, 2.05) is 31.1 Å². The zero-order valence-electron chi connectivity index (χ0n) is 20.5. The summed E-state index contributed by atoms with van der Waals surface area (Å²) in [5.74, 6) is -1.47. The highest BCUT2D eigenvalue weighted by atomic mass is 19.1. The highest BCUT2D eigenvalue weighted by Crippen LogP contribution is 2.43. The highest BCUT2D eigenvalue weighted by Gasteiger charge is 2.46. The van der Waals surface area contributed by atoms with E-state index < -0.39 is 29.3 Å². The Morgan fingerprint density at radius 3 is 2.49 bits per heavy atom. The van der Waals surface area contributed by atoms with Gasteiger partial charge in [0.1, 0.15) is 17.3 Å². The molecule has 1 fully saturated rings. The van der Waals surface area contributed by atoms with Crippen LogP contribution < -0.4 is 19.1 Å². The smallest absolute Gasteiger partial charge is 0.295 e. The number of halogens is 1. The maximum Gasteiger partial charge on any atom is 0.295 e. The number of ether oxygens (including phenoxy) is 3. The number of nitrogens with zero attached hydrogens (tertiary/aromatic N) is 2. The van der Waals surface area contributed by atoms with E-state index in [1.54, 1.807) is 30.3 Å². The summed E-state index contributed by atoms with van der Waals surface area (Å²) in [6.45, 7) is 0.176. The summed E-state index contributed by atoms with van der Waals surface area (Å²) in [7, 11) is 5.17. The van der Waals surface area contributed by atoms with Crippen molar-refractivity contribution in [2.24, 2.45) is 0 Å². The fourth-order valence-corrected chi connectivity index (χ4v) is 4.59. The number of hydrogen-bond donors (Lipinski definition) is 1. The number of aliphatic hydroxyl groups excluding tert-OH is 1. The molecular formula is C28H25FN2O6. The van der Waals surface area contributed by atoms with Gasteiger partial charge in [0.05, 0.1) is 24.3 Å². The van der Waals surface area contributed by atoms with Crippen molar-refractivity contribution in [1.82, 2.24) is 4.90 Å². The molecular weight excluding hydrogens is 479 g/mol. The number of benzene rings is 3. The number of methoxy groups -OCH3 is 1. The van der Waals surface area contributed by atoms with Crippen molar-refractivity contribution in [2.45, 2.75) is 12.6 Å². The topological polar surface area (TPSA) is 88.5 Å². The summed E-state index contributed by atoms with van der Waals surface area (Å²) in [6.07, 6.45) is 0. The highest BCUT2D eigenvalue weighted by molar-refractivity contribution is 6.46. The molecule has 0 saturated carbocycles. The Labute approximate surface area is 213 Å². The number of hydrogen-bond acceptors (Lipinski definition) is 7. The van der Waals surface area contributed by atoms with E-state index in [1.165, 1.54) is 24.1 Å². The van der Waals surface area contributed by atoms with E-state index >= 15 is 0 Å². The third-order valence-electron chi connectivity index (χ3n) is 6.47. The molecule has 2 heterocycles. The third kappa shape index (κ3) is 4.33. The van der Waals surface area contributed by atoms with E-state index in [-0.39, 0.29) is 30.2 Å². The van der Waals surface area contributed by atoms with Gasteiger partial charge in [0.2, 0.25) is 6.79 Å². The van der Waals surface area contributed by atoms with Crippen LogP contribution in [0.25, 0.3) is 5.76 Å². The number of amides is 1. The fourth-order valence-electron chi connectivity index (χ4n) is 4.59. The zero-order chi connectivity index (χ0) is 26.3. The molecule has 0 spiro atoms. The van der Waals surface area contributed by atoms with Gasteiger partial charge in [-0.15, -0.1) is 0 Å². The van der Waals surface area contributed by atoms with Crippen molar-refractivity contribution in [3.05, 3.63) is 88.7 Å². The summed E-state index contributed by atoms with van der Waals surface area (Å²) >= 11 is 0. The lowest BCUT2D eigenvalue weighted by Crippen LogP contribution is -2.29. The Kier molecular flexibility index (Phi) is 6.20. The number of ketones is 1. The van der Waals surface area contributed by atoms with Gasteiger partial charge >= 0.3 is 0 Å². The Hall–Kier alpha value is -4.53. The van der Waals surface area contributed by atoms with Crippen molar-refractivity contribution in [2.75, 3.05) is 32.9 Å². The summed E-state index contributed by atoms with van der Waals surface area (Å²) in [4.78, 5) is 30.0. The largest absolute Gasteiger partial charge is 0.507 e. The lowest BCUT2D eigenvalue weighted by molar-refractivity contribution is -0.140. The van der Waals surface area contributed by atoms with Crippen LogP contribution in [-0.4, -0.2) is 49.7 Å². The zero-order valence-corrected chi connectivity index (χ0v) is 20.5. The number of rotatable bonds is 6. The van der Waals surface area contributed by atoms with Gasteiger partial charge in [0, 0.05) is 26.3 Å². The first-order chi connectivity index (χ1) is 17.8. The van der Waals surface area contributed by atoms with Gasteiger partial charge in [-0.05, 0) is 53.6 Å². The van der Waals surface area contributed by atoms with Crippen molar-refractivity contribution in [3.8, 4) is 17.2 Å². The van der Waals surface area contributed by atoms with Crippen molar-refractivity contribution in [1.29, 1.82) is 0 Å². The Bertz CT molecular complexity index is 1420. The second-order valence-electron chi connectivity index (χ2n) is 8.95. The predicted octanol–water partition coefficient (Wildman–Crippen LogP) is 4.25. The van der Waals surface area contributed by atoms with Crippen LogP contribution in [0, 0.1) is 5.82 Å². The number of Topliss-reactive ketones (excluding diaryl/α,β-unsaturated/α-hetero) is 1. The summed E-state index contributed by atoms with van der Waals surface area (Å²) < 4.78 is 30.3. The first kappa shape index (κ1) is 24.2. The van der Waals surface area contributed by atoms with Gasteiger partial charge in [-0.25, -0.2) is 4.39 Å². The Morgan fingerprint density at radius 1 is 1.05 bits per heavy atom. The van der Waals surface area contributed by atoms with E-state index in [0.29, 0.717) is 22.6 Å². The second-order valence-corrected chi connectivity index (χ2v) is 8.95. The number of aliphatic hydroxyl groups is 1. The molecule has 0 radical (unpaired) electrons. The number of anilines is 1. The molecule has 3 aromatic carbocycles. The summed E-state index contributed by atoms with van der Waals surface area (Å²) in [6, 6.07) is 15.3. The lowest BCUT2D eigenvalue weighted by Gasteiger charge is -2.26. The number of carbonyl (C=O) groups is 2. The van der Waals surface area contributed by atoms with Crippen LogP contribution in [0.1, 0.15) is 22.7 Å². The minimum Gasteiger partial charge on any atom is -0.507 e. The molecule has 1 amide bonds. The molecule has 1 unspecified atom stereocenters. The molecule has 9 heteroatoms. The van der Waals surface area contributed by atoms with Crippen molar-refractivity contribution >= 4 is 23.1 Å². The van der Waals surface area contributed by atoms with Crippen LogP contribution in [0.15, 0.2) is 66.2 Å². The monoisotopic (exact) mass is 504 g/mol. The van der Waals surface area contributed by atoms with Crippen LogP contribution in [0.5, 0.6) is 17.2 Å². The maximum atomic E-state index is 14.1. The van der Waals surface area contributed by atoms with Crippen LogP contribution in [0.3, 0.4) is 0 Å². The molecule has 1 N–H and O–H groups in total. The molecule has 0 aromatic heterocycles. The van der Waals surface area contributed by atoms with E-state index in [9.17, 15) is 19.1 Å². The molecule has 8 nitrogen and oxygen atoms in total. The van der Waals surface area contributed by atoms with Crippen LogP contribution in [0.4, 0.5) is 10.1 Å². The first-order valence-electron chi connectivity index (χ1n) is 11.6. The number of likely N-dealkylation sites (tertiary alicyclic amines) is 1. The quantitative estimate of drug-likeness (QED) is 0.305. The number of carbonyl (C=O) groups excluding carboxylic acids is 2. The van der Waals surface area contributed by atoms with Crippen molar-refractivity contribution < 1.29 is 33.3 Å². The molecule has 0 bridgehead atoms. The van der Waals surface area contributed by atoms with Gasteiger partial charge in [-0.2, -0.15) is 0 Å². The van der Waals surface area contributed by atoms with Crippen LogP contribution >= 0.6 is 0 Å². The minimum absolute atomic E-state index is 0.0153. The molecule has 190 valence electrons. The van der Waals surface area contributed by atoms with Crippen molar-refractivity contribution in [3.63, 3.8) is 0 Å². The van der Waals surface area contributed by atoms with E-state index in [4.69, 9.17) is 14.2 Å². The molecule has 1 saturated heterocycles. The molecule has 3 aromatic rings. The maximum absolute atomic E-state index is 14.1. The average molecular weight is 505 g/mol. The standard InChI is InChI=1S/C28H25FN2O6/c1-30(2)19-8-5-17(6-9-19)25-24(26(32)20-13-18(29)7-11-21(20)35-3)27(33)28(34)31(25)14-16-4-10-22-23(12-16)37-15-36-22/h4-13,25,32H,14-15H2,1-3H3/b26-24+. The molecule has 0 aliphatic carbocycles. The lowest BCUT2D eigenvalue weighted by atomic mass is 9.94. The summed E-state index contributed by atoms with van der Waals surface area (Å²) in [5.41, 5.74) is 2.08. The Morgan fingerprint density at radius 2 is 1.78 bits per heavy atom. The molecule has 1 atom stereocenters. The number of fused-ring (bicyclic) bond motifs is 1. The third-order valence-corrected chi connectivity index (χ3v) is 6.47. The summed E-state index contributed by atoms with van der Waals surface area (Å²) in [5, 5.41) is 11.3. The van der Waals surface area contributed by atoms with Gasteiger partial charge in [0.25, 0.3) is 11.7 Å². The van der Waals surface area contributed by atoms with Gasteiger partial charge in [0.15, 0.2) is 11.5 Å². The van der Waals surface area contributed by atoms with Crippen LogP contribution in [-0.2, 0) is 16.1 Å². The SMILES string of the molecule is COc1ccc(F)cc1/C(O)=C1\C(=O)C(=O)N(Cc2ccc3c(c2)OCO3)C1c1ccc(N(C)C)cc1. The molecule has 5 rings (SSSR count). The molecule has 2 aliphatic rings. The normalized spacial score (nSPS) is 17.8. The van der Waals surface area contributed by atoms with Gasteiger partial charge in [-0.1, -0.05) is 18.2 Å². The Balaban J connectivity index is 1.64. The van der Waals surface area contributed by atoms with E-state index in [2.05, 4.69) is 0 Å².